The summed E-state index contributed by atoms with van der Waals surface area (Å²) < 4.78 is 0. The van der Waals surface area contributed by atoms with E-state index >= 15 is 0 Å². The molecule has 0 aliphatic rings. The first-order valence-electron chi connectivity index (χ1n) is 19.7. The largest absolute Gasteiger partial charge is 0.311 e. The molecule has 0 unspecified atom stereocenters. The maximum Gasteiger partial charge on any atom is 0.0490 e. The van der Waals surface area contributed by atoms with Crippen LogP contribution in [-0.2, 0) is 12.8 Å². The van der Waals surface area contributed by atoms with E-state index in [0.717, 1.165) is 24.2 Å². The average molecular weight is 705 g/mol. The van der Waals surface area contributed by atoms with E-state index in [4.69, 9.17) is 0 Å². The number of benzene rings is 7. The van der Waals surface area contributed by atoms with Crippen molar-refractivity contribution >= 4 is 34.1 Å². The van der Waals surface area contributed by atoms with Crippen molar-refractivity contribution in [3.63, 3.8) is 0 Å². The smallest absolute Gasteiger partial charge is 0.0490 e. The minimum absolute atomic E-state index is 1.13. The van der Waals surface area contributed by atoms with Crippen molar-refractivity contribution in [2.45, 2.75) is 66.2 Å². The molecule has 0 atom stereocenters. The Kier molecular flexibility index (Phi) is 11.7. The zero-order valence-corrected chi connectivity index (χ0v) is 32.3. The van der Waals surface area contributed by atoms with Gasteiger partial charge in [-0.1, -0.05) is 136 Å². The molecular weight excluding hydrogens is 653 g/mol. The first-order valence-corrected chi connectivity index (χ1v) is 19.7. The van der Waals surface area contributed by atoms with Crippen LogP contribution in [0.15, 0.2) is 170 Å². The molecule has 0 fully saturated rings. The standard InChI is InChI=1S/C52H52N2/c1-5-7-15-41-19-31-47(32-20-41)53(48-33-21-42(22-34-48)16-8-6-2)49-35-27-45(28-36-49)43-23-25-44(26-24-43)46-29-37-50(38-30-46)54(51-17-11-9-13-39(51)3)52-18-12-10-14-40(52)4/h9-14,17-38H,5-8,15-16H2,1-4H3. The van der Waals surface area contributed by atoms with Gasteiger partial charge in [-0.25, -0.2) is 0 Å². The van der Waals surface area contributed by atoms with Gasteiger partial charge in [0, 0.05) is 34.1 Å². The van der Waals surface area contributed by atoms with Crippen molar-refractivity contribution in [1.82, 2.24) is 0 Å². The molecule has 0 aliphatic heterocycles. The third kappa shape index (κ3) is 8.35. The topological polar surface area (TPSA) is 6.48 Å². The fourth-order valence-corrected chi connectivity index (χ4v) is 7.33. The van der Waals surface area contributed by atoms with Crippen LogP contribution in [0, 0.1) is 13.8 Å². The molecule has 7 aromatic carbocycles. The van der Waals surface area contributed by atoms with Crippen LogP contribution in [0.3, 0.4) is 0 Å². The Morgan fingerprint density at radius 2 is 0.630 bits per heavy atom. The van der Waals surface area contributed by atoms with Crippen LogP contribution in [-0.4, -0.2) is 0 Å². The number of rotatable bonds is 14. The Morgan fingerprint density at radius 1 is 0.333 bits per heavy atom. The molecule has 54 heavy (non-hydrogen) atoms. The number of hydrogen-bond acceptors (Lipinski definition) is 2. The van der Waals surface area contributed by atoms with Crippen molar-refractivity contribution in [3.8, 4) is 22.3 Å². The van der Waals surface area contributed by atoms with Gasteiger partial charge in [0.1, 0.15) is 0 Å². The van der Waals surface area contributed by atoms with Crippen LogP contribution >= 0.6 is 0 Å². The summed E-state index contributed by atoms with van der Waals surface area (Å²) in [5.41, 5.74) is 17.2. The summed E-state index contributed by atoms with van der Waals surface area (Å²) in [5, 5.41) is 0. The van der Waals surface area contributed by atoms with Gasteiger partial charge in [0.2, 0.25) is 0 Å². The van der Waals surface area contributed by atoms with Crippen LogP contribution < -0.4 is 9.80 Å². The molecule has 0 bridgehead atoms. The summed E-state index contributed by atoms with van der Waals surface area (Å²) >= 11 is 0. The lowest BCUT2D eigenvalue weighted by Gasteiger charge is -2.28. The van der Waals surface area contributed by atoms with Crippen molar-refractivity contribution < 1.29 is 0 Å². The minimum atomic E-state index is 1.13. The molecule has 0 amide bonds. The molecule has 0 N–H and O–H groups in total. The van der Waals surface area contributed by atoms with Crippen LogP contribution in [0.1, 0.15) is 61.8 Å². The molecule has 0 aromatic heterocycles. The minimum Gasteiger partial charge on any atom is -0.311 e. The molecule has 7 rings (SSSR count). The number of aryl methyl sites for hydroxylation is 4. The molecule has 2 nitrogen and oxygen atoms in total. The normalized spacial score (nSPS) is 11.0. The number of nitrogens with zero attached hydrogens (tertiary/aromatic N) is 2. The Morgan fingerprint density at radius 3 is 0.963 bits per heavy atom. The lowest BCUT2D eigenvalue weighted by atomic mass is 9.99. The highest BCUT2D eigenvalue weighted by Crippen LogP contribution is 2.40. The Labute approximate surface area is 323 Å². The van der Waals surface area contributed by atoms with Gasteiger partial charge in [-0.05, 0) is 145 Å². The van der Waals surface area contributed by atoms with Gasteiger partial charge < -0.3 is 9.80 Å². The van der Waals surface area contributed by atoms with Gasteiger partial charge in [0.05, 0.1) is 0 Å². The average Bonchev–Trinajstić information content (AvgIpc) is 3.22. The van der Waals surface area contributed by atoms with E-state index in [1.807, 2.05) is 0 Å². The number of para-hydroxylation sites is 2. The third-order valence-electron chi connectivity index (χ3n) is 10.5. The molecule has 0 radical (unpaired) electrons. The van der Waals surface area contributed by atoms with Gasteiger partial charge in [0.15, 0.2) is 0 Å². The van der Waals surface area contributed by atoms with Crippen LogP contribution in [0.4, 0.5) is 34.1 Å². The molecule has 7 aromatic rings. The van der Waals surface area contributed by atoms with Gasteiger partial charge in [-0.2, -0.15) is 0 Å². The lowest BCUT2D eigenvalue weighted by molar-refractivity contribution is 0.795. The summed E-state index contributed by atoms with van der Waals surface area (Å²) in [7, 11) is 0. The van der Waals surface area contributed by atoms with Crippen LogP contribution in [0.5, 0.6) is 0 Å². The van der Waals surface area contributed by atoms with Gasteiger partial charge in [-0.3, -0.25) is 0 Å². The summed E-state index contributed by atoms with van der Waals surface area (Å²) in [6.07, 6.45) is 7.12. The molecule has 0 heterocycles. The first-order chi connectivity index (χ1) is 26.5. The molecule has 0 saturated heterocycles. The molecule has 0 spiro atoms. The highest BCUT2D eigenvalue weighted by molar-refractivity contribution is 5.82. The fourth-order valence-electron chi connectivity index (χ4n) is 7.33. The number of hydrogen-bond donors (Lipinski definition) is 0. The van der Waals surface area contributed by atoms with E-state index in [1.165, 1.54) is 92.9 Å². The van der Waals surface area contributed by atoms with Crippen molar-refractivity contribution in [2.24, 2.45) is 0 Å². The second-order valence-corrected chi connectivity index (χ2v) is 14.5. The summed E-state index contributed by atoms with van der Waals surface area (Å²) in [5.74, 6) is 0. The second-order valence-electron chi connectivity index (χ2n) is 14.5. The van der Waals surface area contributed by atoms with Crippen molar-refractivity contribution in [3.05, 3.63) is 192 Å². The van der Waals surface area contributed by atoms with Crippen molar-refractivity contribution in [1.29, 1.82) is 0 Å². The van der Waals surface area contributed by atoms with E-state index in [9.17, 15) is 0 Å². The number of unbranched alkanes of at least 4 members (excludes halogenated alkanes) is 2. The molecule has 2 heteroatoms. The molecule has 0 saturated carbocycles. The second kappa shape index (κ2) is 17.3. The maximum absolute atomic E-state index is 2.38. The predicted octanol–water partition coefficient (Wildman–Crippen LogP) is 15.3. The lowest BCUT2D eigenvalue weighted by Crippen LogP contribution is -2.12. The molecular formula is C52H52N2. The van der Waals surface area contributed by atoms with E-state index in [-0.39, 0.29) is 0 Å². The maximum atomic E-state index is 2.38. The van der Waals surface area contributed by atoms with E-state index in [1.54, 1.807) is 0 Å². The Hall–Kier alpha value is -5.86. The van der Waals surface area contributed by atoms with Gasteiger partial charge in [-0.15, -0.1) is 0 Å². The van der Waals surface area contributed by atoms with Gasteiger partial charge in [0.25, 0.3) is 0 Å². The fraction of sp³-hybridized carbons (Fsp3) is 0.192. The van der Waals surface area contributed by atoms with Crippen molar-refractivity contribution in [2.75, 3.05) is 9.80 Å². The zero-order valence-electron chi connectivity index (χ0n) is 32.3. The first kappa shape index (κ1) is 36.5. The van der Waals surface area contributed by atoms with E-state index in [0.29, 0.717) is 0 Å². The number of anilines is 6. The SMILES string of the molecule is CCCCc1ccc(N(c2ccc(CCCC)cc2)c2ccc(-c3ccc(-c4ccc(N(c5ccccc5C)c5ccccc5C)cc4)cc3)cc2)cc1. The van der Waals surface area contributed by atoms with Crippen LogP contribution in [0.2, 0.25) is 0 Å². The van der Waals surface area contributed by atoms with E-state index in [2.05, 4.69) is 207 Å². The summed E-state index contributed by atoms with van der Waals surface area (Å²) in [6, 6.07) is 62.4. The van der Waals surface area contributed by atoms with E-state index < -0.39 is 0 Å². The predicted molar refractivity (Wildman–Crippen MR) is 233 cm³/mol. The highest BCUT2D eigenvalue weighted by Gasteiger charge is 2.17. The quantitative estimate of drug-likeness (QED) is 0.111. The zero-order chi connectivity index (χ0) is 37.3. The Bertz CT molecular complexity index is 2130. The monoisotopic (exact) mass is 704 g/mol. The Balaban J connectivity index is 1.12. The highest BCUT2D eigenvalue weighted by atomic mass is 15.1. The summed E-state index contributed by atoms with van der Waals surface area (Å²) in [4.78, 5) is 4.75. The van der Waals surface area contributed by atoms with Gasteiger partial charge >= 0.3 is 0 Å². The molecule has 270 valence electrons. The molecule has 0 aliphatic carbocycles. The third-order valence-corrected chi connectivity index (χ3v) is 10.5. The summed E-state index contributed by atoms with van der Waals surface area (Å²) in [6.45, 7) is 8.87. The van der Waals surface area contributed by atoms with Crippen LogP contribution in [0.25, 0.3) is 22.3 Å².